The van der Waals surface area contributed by atoms with Gasteiger partial charge in [-0.1, -0.05) is 17.7 Å². The van der Waals surface area contributed by atoms with Gasteiger partial charge in [-0.25, -0.2) is 0 Å². The van der Waals surface area contributed by atoms with Crippen LogP contribution in [-0.4, -0.2) is 19.1 Å². The Morgan fingerprint density at radius 2 is 1.67 bits per heavy atom. The Hall–Kier alpha value is -2.20. The molecule has 24 heavy (non-hydrogen) atoms. The number of aryl methyl sites for hydroxylation is 1. The minimum Gasteiger partial charge on any atom is -0.490 e. The second-order valence-corrected chi connectivity index (χ2v) is 5.64. The highest BCUT2D eigenvalue weighted by molar-refractivity contribution is 6.30. The third kappa shape index (κ3) is 5.46. The lowest BCUT2D eigenvalue weighted by atomic mass is 10.1. The molecule has 1 N–H and O–H groups in total. The summed E-state index contributed by atoms with van der Waals surface area (Å²) in [6.45, 7) is 5.02. The van der Waals surface area contributed by atoms with E-state index in [1.807, 2.05) is 32.0 Å². The Bertz CT molecular complexity index is 671. The Morgan fingerprint density at radius 1 is 1.00 bits per heavy atom. The van der Waals surface area contributed by atoms with Gasteiger partial charge in [0.1, 0.15) is 0 Å². The lowest BCUT2D eigenvalue weighted by molar-refractivity contribution is -0.116. The molecule has 0 radical (unpaired) electrons. The van der Waals surface area contributed by atoms with Crippen LogP contribution in [0.3, 0.4) is 0 Å². The van der Waals surface area contributed by atoms with Crippen molar-refractivity contribution < 1.29 is 14.3 Å². The molecule has 0 saturated heterocycles. The van der Waals surface area contributed by atoms with E-state index in [4.69, 9.17) is 21.1 Å². The van der Waals surface area contributed by atoms with Gasteiger partial charge in [-0.15, -0.1) is 0 Å². The van der Waals surface area contributed by atoms with Crippen LogP contribution in [0.15, 0.2) is 42.5 Å². The number of amides is 1. The summed E-state index contributed by atoms with van der Waals surface area (Å²) in [6, 6.07) is 12.8. The van der Waals surface area contributed by atoms with Gasteiger partial charge in [0.2, 0.25) is 5.91 Å². The van der Waals surface area contributed by atoms with Crippen molar-refractivity contribution in [2.24, 2.45) is 0 Å². The van der Waals surface area contributed by atoms with Crippen molar-refractivity contribution in [1.29, 1.82) is 0 Å². The summed E-state index contributed by atoms with van der Waals surface area (Å²) in [5, 5.41) is 3.50. The van der Waals surface area contributed by atoms with Crippen LogP contribution in [-0.2, 0) is 11.2 Å². The normalized spacial score (nSPS) is 10.3. The first-order valence-corrected chi connectivity index (χ1v) is 8.44. The second-order valence-electron chi connectivity index (χ2n) is 5.20. The average Bonchev–Trinajstić information content (AvgIpc) is 2.57. The predicted molar refractivity (Wildman–Crippen MR) is 97.2 cm³/mol. The highest BCUT2D eigenvalue weighted by Gasteiger charge is 2.08. The molecule has 0 aromatic heterocycles. The first-order chi connectivity index (χ1) is 11.6. The van der Waals surface area contributed by atoms with Crippen LogP contribution < -0.4 is 14.8 Å². The van der Waals surface area contributed by atoms with Gasteiger partial charge in [-0.3, -0.25) is 4.79 Å². The van der Waals surface area contributed by atoms with Gasteiger partial charge in [-0.05, 0) is 62.2 Å². The first-order valence-electron chi connectivity index (χ1n) is 8.06. The van der Waals surface area contributed by atoms with E-state index in [0.717, 1.165) is 22.7 Å². The summed E-state index contributed by atoms with van der Waals surface area (Å²) >= 11 is 5.83. The zero-order valence-electron chi connectivity index (χ0n) is 14.0. The molecule has 1 amide bonds. The van der Waals surface area contributed by atoms with Crippen molar-refractivity contribution in [2.45, 2.75) is 26.7 Å². The molecule has 5 heteroatoms. The molecule has 0 aliphatic rings. The standard InChI is InChI=1S/C19H22ClNO3/c1-3-23-17-11-5-14(13-18(17)24-4-2)6-12-19(22)21-16-9-7-15(20)8-10-16/h5,7-11,13H,3-4,6,12H2,1-2H3,(H,21,22). The summed E-state index contributed by atoms with van der Waals surface area (Å²) in [4.78, 5) is 12.1. The molecular formula is C19H22ClNO3. The van der Waals surface area contributed by atoms with E-state index in [0.29, 0.717) is 31.1 Å². The quantitative estimate of drug-likeness (QED) is 0.752. The van der Waals surface area contributed by atoms with Crippen LogP contribution in [0.4, 0.5) is 5.69 Å². The van der Waals surface area contributed by atoms with Gasteiger partial charge >= 0.3 is 0 Å². The van der Waals surface area contributed by atoms with E-state index < -0.39 is 0 Å². The average molecular weight is 348 g/mol. The maximum atomic E-state index is 12.1. The molecule has 0 unspecified atom stereocenters. The van der Waals surface area contributed by atoms with Gasteiger partial charge in [0, 0.05) is 17.1 Å². The fourth-order valence-corrected chi connectivity index (χ4v) is 2.39. The van der Waals surface area contributed by atoms with Crippen molar-refractivity contribution in [1.82, 2.24) is 0 Å². The zero-order chi connectivity index (χ0) is 17.4. The van der Waals surface area contributed by atoms with Crippen LogP contribution in [0.1, 0.15) is 25.8 Å². The molecule has 2 aromatic carbocycles. The molecule has 0 bridgehead atoms. The summed E-state index contributed by atoms with van der Waals surface area (Å²) in [5.41, 5.74) is 1.78. The second kappa shape index (κ2) is 9.18. The highest BCUT2D eigenvalue weighted by atomic mass is 35.5. The molecule has 0 spiro atoms. The largest absolute Gasteiger partial charge is 0.490 e. The van der Waals surface area contributed by atoms with Crippen molar-refractivity contribution in [3.63, 3.8) is 0 Å². The van der Waals surface area contributed by atoms with E-state index in [1.165, 1.54) is 0 Å². The molecule has 0 atom stereocenters. The lowest BCUT2D eigenvalue weighted by Crippen LogP contribution is -2.12. The van der Waals surface area contributed by atoms with E-state index >= 15 is 0 Å². The number of rotatable bonds is 8. The molecular weight excluding hydrogens is 326 g/mol. The molecule has 2 aromatic rings. The number of anilines is 1. The molecule has 0 aliphatic heterocycles. The molecule has 2 rings (SSSR count). The van der Waals surface area contributed by atoms with E-state index in [1.54, 1.807) is 24.3 Å². The van der Waals surface area contributed by atoms with Crippen molar-refractivity contribution in [3.05, 3.63) is 53.1 Å². The van der Waals surface area contributed by atoms with Gasteiger partial charge in [0.15, 0.2) is 11.5 Å². The number of halogens is 1. The minimum atomic E-state index is -0.0378. The Kier molecular flexibility index (Phi) is 6.94. The molecule has 128 valence electrons. The van der Waals surface area contributed by atoms with Gasteiger partial charge in [0.25, 0.3) is 0 Å². The Balaban J connectivity index is 1.94. The number of hydrogen-bond acceptors (Lipinski definition) is 3. The van der Waals surface area contributed by atoms with Crippen LogP contribution in [0.5, 0.6) is 11.5 Å². The van der Waals surface area contributed by atoms with Gasteiger partial charge < -0.3 is 14.8 Å². The van der Waals surface area contributed by atoms with Crippen molar-refractivity contribution >= 4 is 23.2 Å². The number of benzene rings is 2. The Morgan fingerprint density at radius 3 is 2.33 bits per heavy atom. The highest BCUT2D eigenvalue weighted by Crippen LogP contribution is 2.29. The minimum absolute atomic E-state index is 0.0378. The summed E-state index contributed by atoms with van der Waals surface area (Å²) in [7, 11) is 0. The molecule has 0 saturated carbocycles. The predicted octanol–water partition coefficient (Wildman–Crippen LogP) is 4.71. The van der Waals surface area contributed by atoms with Crippen molar-refractivity contribution in [2.75, 3.05) is 18.5 Å². The van der Waals surface area contributed by atoms with E-state index in [9.17, 15) is 4.79 Å². The summed E-state index contributed by atoms with van der Waals surface area (Å²) < 4.78 is 11.1. The topological polar surface area (TPSA) is 47.6 Å². The third-order valence-corrected chi connectivity index (χ3v) is 3.63. The third-order valence-electron chi connectivity index (χ3n) is 3.38. The molecule has 4 nitrogen and oxygen atoms in total. The molecule has 0 heterocycles. The van der Waals surface area contributed by atoms with E-state index in [-0.39, 0.29) is 5.91 Å². The van der Waals surface area contributed by atoms with Crippen LogP contribution in [0.25, 0.3) is 0 Å². The summed E-state index contributed by atoms with van der Waals surface area (Å²) in [5.74, 6) is 1.41. The van der Waals surface area contributed by atoms with Crippen LogP contribution in [0, 0.1) is 0 Å². The van der Waals surface area contributed by atoms with Crippen LogP contribution >= 0.6 is 11.6 Å². The van der Waals surface area contributed by atoms with Crippen LogP contribution in [0.2, 0.25) is 5.02 Å². The summed E-state index contributed by atoms with van der Waals surface area (Å²) in [6.07, 6.45) is 1.02. The van der Waals surface area contributed by atoms with E-state index in [2.05, 4.69) is 5.32 Å². The fraction of sp³-hybridized carbons (Fsp3) is 0.316. The smallest absolute Gasteiger partial charge is 0.224 e. The first kappa shape index (κ1) is 18.1. The SMILES string of the molecule is CCOc1ccc(CCC(=O)Nc2ccc(Cl)cc2)cc1OCC. The lowest BCUT2D eigenvalue weighted by Gasteiger charge is -2.12. The van der Waals surface area contributed by atoms with Gasteiger partial charge in [0.05, 0.1) is 13.2 Å². The number of ether oxygens (including phenoxy) is 2. The number of carbonyl (C=O) groups excluding carboxylic acids is 1. The fourth-order valence-electron chi connectivity index (χ4n) is 2.27. The maximum Gasteiger partial charge on any atom is 0.224 e. The number of carbonyl (C=O) groups is 1. The maximum absolute atomic E-state index is 12.1. The monoisotopic (exact) mass is 347 g/mol. The zero-order valence-corrected chi connectivity index (χ0v) is 14.7. The molecule has 0 aliphatic carbocycles. The van der Waals surface area contributed by atoms with Crippen molar-refractivity contribution in [3.8, 4) is 11.5 Å². The van der Waals surface area contributed by atoms with Gasteiger partial charge in [-0.2, -0.15) is 0 Å². The number of nitrogens with one attached hydrogen (secondary N) is 1. The number of hydrogen-bond donors (Lipinski definition) is 1. The Labute approximate surface area is 147 Å². The molecule has 0 fully saturated rings.